The van der Waals surface area contributed by atoms with Gasteiger partial charge in [-0.25, -0.2) is 4.39 Å². The molecule has 0 aliphatic heterocycles. The largest absolute Gasteiger partial charge is 0.543 e. The standard InChI is InChI=1S/C13H20BrFOSi/c1-13(2,3)17(4,5)16-12-8-6-7-11(15)10(12)9-14/h6-8H,9H2,1-5H3. The van der Waals surface area contributed by atoms with Crippen LogP contribution in [0.4, 0.5) is 4.39 Å². The molecule has 0 atom stereocenters. The number of benzene rings is 1. The van der Waals surface area contributed by atoms with Crippen LogP contribution in [0.25, 0.3) is 0 Å². The molecule has 1 aromatic rings. The van der Waals surface area contributed by atoms with Gasteiger partial charge < -0.3 is 4.43 Å². The summed E-state index contributed by atoms with van der Waals surface area (Å²) in [4.78, 5) is 0. The molecule has 0 amide bonds. The third-order valence-electron chi connectivity index (χ3n) is 3.38. The molecule has 4 heteroatoms. The first-order chi connectivity index (χ1) is 7.69. The van der Waals surface area contributed by atoms with Crippen LogP contribution in [0.3, 0.4) is 0 Å². The topological polar surface area (TPSA) is 9.23 Å². The molecule has 0 saturated heterocycles. The van der Waals surface area contributed by atoms with E-state index in [1.54, 1.807) is 6.07 Å². The first-order valence-electron chi connectivity index (χ1n) is 5.71. The maximum atomic E-state index is 13.6. The first-order valence-corrected chi connectivity index (χ1v) is 9.74. The van der Waals surface area contributed by atoms with Gasteiger partial charge in [-0.1, -0.05) is 42.8 Å². The number of alkyl halides is 1. The molecule has 1 rings (SSSR count). The summed E-state index contributed by atoms with van der Waals surface area (Å²) < 4.78 is 19.8. The van der Waals surface area contributed by atoms with Gasteiger partial charge in [-0.15, -0.1) is 0 Å². The van der Waals surface area contributed by atoms with E-state index in [9.17, 15) is 4.39 Å². The SMILES string of the molecule is CC(C)(C)[Si](C)(C)Oc1cccc(F)c1CBr. The second-order valence-corrected chi connectivity index (χ2v) is 11.0. The maximum Gasteiger partial charge on any atom is 0.250 e. The summed E-state index contributed by atoms with van der Waals surface area (Å²) in [6.45, 7) is 10.8. The molecule has 0 aliphatic carbocycles. The van der Waals surface area contributed by atoms with E-state index in [0.29, 0.717) is 16.6 Å². The summed E-state index contributed by atoms with van der Waals surface area (Å²) in [5.74, 6) is 0.464. The molecule has 0 aliphatic rings. The Labute approximate surface area is 113 Å². The van der Waals surface area contributed by atoms with Crippen LogP contribution in [0.1, 0.15) is 26.3 Å². The van der Waals surface area contributed by atoms with Gasteiger partial charge >= 0.3 is 0 Å². The van der Waals surface area contributed by atoms with Crippen LogP contribution >= 0.6 is 15.9 Å². The molecule has 96 valence electrons. The number of hydrogen-bond acceptors (Lipinski definition) is 1. The van der Waals surface area contributed by atoms with E-state index in [2.05, 4.69) is 49.8 Å². The Morgan fingerprint density at radius 3 is 2.35 bits per heavy atom. The minimum Gasteiger partial charge on any atom is -0.543 e. The molecule has 1 aromatic carbocycles. The van der Waals surface area contributed by atoms with Crippen molar-refractivity contribution in [2.45, 2.75) is 44.2 Å². The van der Waals surface area contributed by atoms with Crippen molar-refractivity contribution in [3.8, 4) is 5.75 Å². The minimum absolute atomic E-state index is 0.114. The Morgan fingerprint density at radius 1 is 1.29 bits per heavy atom. The second-order valence-electron chi connectivity index (χ2n) is 5.71. The molecule has 0 spiro atoms. The van der Waals surface area contributed by atoms with E-state index >= 15 is 0 Å². The Morgan fingerprint density at radius 2 is 1.88 bits per heavy atom. The lowest BCUT2D eigenvalue weighted by Crippen LogP contribution is -2.44. The average molecular weight is 319 g/mol. The zero-order valence-corrected chi connectivity index (χ0v) is 13.7. The first kappa shape index (κ1) is 14.7. The molecule has 0 unspecified atom stereocenters. The van der Waals surface area contributed by atoms with E-state index < -0.39 is 8.32 Å². The fourth-order valence-corrected chi connectivity index (χ4v) is 2.78. The van der Waals surface area contributed by atoms with Crippen LogP contribution in [-0.4, -0.2) is 8.32 Å². The van der Waals surface area contributed by atoms with Crippen molar-refractivity contribution in [2.24, 2.45) is 0 Å². The van der Waals surface area contributed by atoms with Gasteiger partial charge in [0.2, 0.25) is 8.32 Å². The summed E-state index contributed by atoms with van der Waals surface area (Å²) >= 11 is 3.31. The Kier molecular flexibility index (Phi) is 4.41. The molecule has 0 aromatic heterocycles. The fourth-order valence-electron chi connectivity index (χ4n) is 1.19. The van der Waals surface area contributed by atoms with Crippen molar-refractivity contribution < 1.29 is 8.82 Å². The summed E-state index contributed by atoms with van der Waals surface area (Å²) in [5, 5.41) is 0.590. The zero-order chi connectivity index (χ0) is 13.3. The maximum absolute atomic E-state index is 13.6. The minimum atomic E-state index is -1.90. The highest BCUT2D eigenvalue weighted by Crippen LogP contribution is 2.38. The third kappa shape index (κ3) is 3.32. The van der Waals surface area contributed by atoms with Crippen molar-refractivity contribution in [3.05, 3.63) is 29.6 Å². The van der Waals surface area contributed by atoms with Crippen LogP contribution in [0, 0.1) is 5.82 Å². The number of halogens is 2. The molecule has 0 bridgehead atoms. The van der Waals surface area contributed by atoms with Crippen LogP contribution < -0.4 is 4.43 Å². The predicted octanol–water partition coefficient (Wildman–Crippen LogP) is 5.10. The van der Waals surface area contributed by atoms with E-state index in [-0.39, 0.29) is 10.9 Å². The van der Waals surface area contributed by atoms with Crippen molar-refractivity contribution >= 4 is 24.2 Å². The quantitative estimate of drug-likeness (QED) is 0.556. The van der Waals surface area contributed by atoms with E-state index in [1.807, 2.05) is 6.07 Å². The van der Waals surface area contributed by atoms with Gasteiger partial charge in [0, 0.05) is 10.9 Å². The average Bonchev–Trinajstić information content (AvgIpc) is 2.15. The van der Waals surface area contributed by atoms with E-state index in [1.165, 1.54) is 6.07 Å². The van der Waals surface area contributed by atoms with E-state index in [0.717, 1.165) is 0 Å². The normalized spacial score (nSPS) is 12.6. The number of rotatable bonds is 3. The molecular formula is C13H20BrFOSi. The van der Waals surface area contributed by atoms with Crippen molar-refractivity contribution in [1.82, 2.24) is 0 Å². The van der Waals surface area contributed by atoms with E-state index in [4.69, 9.17) is 4.43 Å². The van der Waals surface area contributed by atoms with Gasteiger partial charge in [0.05, 0.1) is 0 Å². The summed E-state index contributed by atoms with van der Waals surface area (Å²) in [6.07, 6.45) is 0. The fraction of sp³-hybridized carbons (Fsp3) is 0.538. The predicted molar refractivity (Wildman–Crippen MR) is 76.9 cm³/mol. The second kappa shape index (κ2) is 5.10. The lowest BCUT2D eigenvalue weighted by atomic mass is 10.2. The van der Waals surface area contributed by atoms with Gasteiger partial charge in [-0.05, 0) is 30.3 Å². The van der Waals surface area contributed by atoms with Crippen molar-refractivity contribution in [2.75, 3.05) is 0 Å². The van der Waals surface area contributed by atoms with Crippen LogP contribution in [0.2, 0.25) is 18.1 Å². The van der Waals surface area contributed by atoms with Gasteiger partial charge in [-0.2, -0.15) is 0 Å². The molecule has 0 heterocycles. The Hall–Kier alpha value is -0.353. The monoisotopic (exact) mass is 318 g/mol. The summed E-state index contributed by atoms with van der Waals surface area (Å²) in [5.41, 5.74) is 0.609. The van der Waals surface area contributed by atoms with Crippen LogP contribution in [0.15, 0.2) is 18.2 Å². The van der Waals surface area contributed by atoms with Crippen LogP contribution in [0.5, 0.6) is 5.75 Å². The number of hydrogen-bond donors (Lipinski definition) is 0. The molecule has 0 N–H and O–H groups in total. The highest BCUT2D eigenvalue weighted by Gasteiger charge is 2.39. The van der Waals surface area contributed by atoms with Gasteiger partial charge in [0.15, 0.2) is 0 Å². The third-order valence-corrected chi connectivity index (χ3v) is 8.28. The molecular weight excluding hydrogens is 299 g/mol. The van der Waals surface area contributed by atoms with Crippen molar-refractivity contribution in [1.29, 1.82) is 0 Å². The Bertz CT molecular complexity index is 399. The van der Waals surface area contributed by atoms with Gasteiger partial charge in [0.1, 0.15) is 11.6 Å². The lowest BCUT2D eigenvalue weighted by Gasteiger charge is -2.37. The molecule has 0 radical (unpaired) electrons. The highest BCUT2D eigenvalue weighted by atomic mass is 79.9. The van der Waals surface area contributed by atoms with Gasteiger partial charge in [0.25, 0.3) is 0 Å². The summed E-state index contributed by atoms with van der Waals surface area (Å²) in [6, 6.07) is 5.01. The smallest absolute Gasteiger partial charge is 0.250 e. The highest BCUT2D eigenvalue weighted by molar-refractivity contribution is 9.08. The van der Waals surface area contributed by atoms with Crippen LogP contribution in [-0.2, 0) is 5.33 Å². The molecule has 17 heavy (non-hydrogen) atoms. The molecule has 1 nitrogen and oxygen atoms in total. The van der Waals surface area contributed by atoms with Gasteiger partial charge in [-0.3, -0.25) is 0 Å². The zero-order valence-electron chi connectivity index (χ0n) is 11.1. The summed E-state index contributed by atoms with van der Waals surface area (Å²) in [7, 11) is -1.90. The molecule has 0 fully saturated rings. The molecule has 0 saturated carbocycles. The van der Waals surface area contributed by atoms with Crippen molar-refractivity contribution in [3.63, 3.8) is 0 Å². The lowest BCUT2D eigenvalue weighted by molar-refractivity contribution is 0.482. The Balaban J connectivity index is 3.08.